The van der Waals surface area contributed by atoms with Crippen LogP contribution in [0.4, 0.5) is 0 Å². The van der Waals surface area contributed by atoms with E-state index in [-0.39, 0.29) is 38.4 Å². The van der Waals surface area contributed by atoms with Crippen molar-refractivity contribution in [1.82, 2.24) is 0 Å². The summed E-state index contributed by atoms with van der Waals surface area (Å²) in [4.78, 5) is 23.6. The first kappa shape index (κ1) is 26.3. The summed E-state index contributed by atoms with van der Waals surface area (Å²) in [5.74, 6) is 1.08. The topological polar surface area (TPSA) is 71.1 Å². The minimum atomic E-state index is -0.195. The summed E-state index contributed by atoms with van der Waals surface area (Å²) in [6, 6.07) is 14.0. The number of hydrogen-bond acceptors (Lipinski definition) is 6. The van der Waals surface area contributed by atoms with Gasteiger partial charge in [0.2, 0.25) is 0 Å². The molecular formula is C29H36O6. The lowest BCUT2D eigenvalue weighted by molar-refractivity contribution is -0.145. The first-order valence-corrected chi connectivity index (χ1v) is 12.6. The Kier molecular flexibility index (Phi) is 10.2. The van der Waals surface area contributed by atoms with E-state index in [0.29, 0.717) is 12.8 Å². The van der Waals surface area contributed by atoms with Crippen molar-refractivity contribution >= 4 is 33.5 Å². The van der Waals surface area contributed by atoms with E-state index in [4.69, 9.17) is 18.9 Å². The van der Waals surface area contributed by atoms with Crippen LogP contribution in [0.5, 0.6) is 11.5 Å². The summed E-state index contributed by atoms with van der Waals surface area (Å²) in [7, 11) is 0. The molecule has 0 saturated heterocycles. The van der Waals surface area contributed by atoms with Crippen LogP contribution >= 0.6 is 0 Å². The van der Waals surface area contributed by atoms with E-state index in [2.05, 4.69) is 6.07 Å². The highest BCUT2D eigenvalue weighted by Gasteiger charge is 2.17. The van der Waals surface area contributed by atoms with E-state index in [1.165, 1.54) is 0 Å². The van der Waals surface area contributed by atoms with Gasteiger partial charge in [0.15, 0.2) is 0 Å². The van der Waals surface area contributed by atoms with E-state index in [1.807, 2.05) is 57.2 Å². The Morgan fingerprint density at radius 2 is 1.14 bits per heavy atom. The van der Waals surface area contributed by atoms with Crippen LogP contribution in [0.1, 0.15) is 57.9 Å². The van der Waals surface area contributed by atoms with Gasteiger partial charge < -0.3 is 18.9 Å². The molecule has 0 atom stereocenters. The Labute approximate surface area is 207 Å². The molecule has 6 nitrogen and oxygen atoms in total. The molecule has 0 aliphatic heterocycles. The fourth-order valence-corrected chi connectivity index (χ4v) is 3.91. The SMILES string of the molecule is CCCCC(=O)OCCOc1c2ccccc2c(OCCOC(=O)CCCC)c2cc(C)ccc12. The van der Waals surface area contributed by atoms with Crippen LogP contribution in [0.3, 0.4) is 0 Å². The zero-order valence-corrected chi connectivity index (χ0v) is 21.1. The Balaban J connectivity index is 1.80. The monoisotopic (exact) mass is 480 g/mol. The van der Waals surface area contributed by atoms with E-state index in [0.717, 1.165) is 64.3 Å². The number of unbranched alkanes of at least 4 members (excludes halogenated alkanes) is 2. The maximum absolute atomic E-state index is 11.8. The van der Waals surface area contributed by atoms with Gasteiger partial charge in [-0.1, -0.05) is 68.7 Å². The molecule has 188 valence electrons. The fraction of sp³-hybridized carbons (Fsp3) is 0.448. The van der Waals surface area contributed by atoms with Crippen LogP contribution in [-0.4, -0.2) is 38.4 Å². The standard InChI is InChI=1S/C29H36O6/c1-4-6-12-26(30)32-16-18-34-28-22-10-8-9-11-23(22)29(25-20-21(3)14-15-24(25)28)35-19-17-33-27(31)13-7-5-2/h8-11,14-15,20H,4-7,12-13,16-19H2,1-3H3. The molecule has 0 amide bonds. The lowest BCUT2D eigenvalue weighted by Crippen LogP contribution is -2.13. The number of esters is 2. The smallest absolute Gasteiger partial charge is 0.305 e. The summed E-state index contributed by atoms with van der Waals surface area (Å²) in [5, 5.41) is 3.67. The lowest BCUT2D eigenvalue weighted by atomic mass is 9.99. The average molecular weight is 481 g/mol. The van der Waals surface area contributed by atoms with Gasteiger partial charge in [-0.3, -0.25) is 9.59 Å². The Hall–Kier alpha value is -3.28. The summed E-state index contributed by atoms with van der Waals surface area (Å²) in [5.41, 5.74) is 1.10. The molecule has 0 N–H and O–H groups in total. The van der Waals surface area contributed by atoms with Crippen LogP contribution in [0.15, 0.2) is 42.5 Å². The molecule has 3 rings (SSSR count). The number of rotatable bonds is 14. The molecule has 0 radical (unpaired) electrons. The third-order valence-electron chi connectivity index (χ3n) is 5.74. The molecule has 3 aromatic carbocycles. The van der Waals surface area contributed by atoms with Gasteiger partial charge in [0.25, 0.3) is 0 Å². The van der Waals surface area contributed by atoms with Crippen molar-refractivity contribution in [3.8, 4) is 11.5 Å². The Morgan fingerprint density at radius 3 is 1.66 bits per heavy atom. The zero-order chi connectivity index (χ0) is 25.0. The number of aryl methyl sites for hydroxylation is 1. The number of ether oxygens (including phenoxy) is 4. The maximum atomic E-state index is 11.8. The molecule has 0 heterocycles. The van der Waals surface area contributed by atoms with Crippen LogP contribution in [-0.2, 0) is 19.1 Å². The largest absolute Gasteiger partial charge is 0.489 e. The quantitative estimate of drug-likeness (QED) is 0.148. The number of carbonyl (C=O) groups is 2. The van der Waals surface area contributed by atoms with E-state index in [1.54, 1.807) is 0 Å². The van der Waals surface area contributed by atoms with Crippen LogP contribution < -0.4 is 9.47 Å². The maximum Gasteiger partial charge on any atom is 0.305 e. The van der Waals surface area contributed by atoms with Crippen molar-refractivity contribution in [3.63, 3.8) is 0 Å². The van der Waals surface area contributed by atoms with Crippen molar-refractivity contribution in [2.24, 2.45) is 0 Å². The van der Waals surface area contributed by atoms with E-state index < -0.39 is 0 Å². The normalized spacial score (nSPS) is 10.9. The van der Waals surface area contributed by atoms with E-state index in [9.17, 15) is 9.59 Å². The molecule has 6 heteroatoms. The lowest BCUT2D eigenvalue weighted by Gasteiger charge is -2.18. The highest BCUT2D eigenvalue weighted by molar-refractivity contribution is 6.11. The molecular weight excluding hydrogens is 444 g/mol. The van der Waals surface area contributed by atoms with Gasteiger partial charge in [0.1, 0.15) is 37.9 Å². The van der Waals surface area contributed by atoms with Crippen molar-refractivity contribution in [3.05, 3.63) is 48.0 Å². The molecule has 0 saturated carbocycles. The van der Waals surface area contributed by atoms with Gasteiger partial charge in [-0.15, -0.1) is 0 Å². The summed E-state index contributed by atoms with van der Waals surface area (Å²) in [6.45, 7) is 7.05. The second-order valence-electron chi connectivity index (χ2n) is 8.60. The fourth-order valence-electron chi connectivity index (χ4n) is 3.91. The third kappa shape index (κ3) is 7.35. The van der Waals surface area contributed by atoms with Crippen LogP contribution in [0, 0.1) is 6.92 Å². The molecule has 0 aromatic heterocycles. The molecule has 35 heavy (non-hydrogen) atoms. The number of benzene rings is 3. The second kappa shape index (κ2) is 13.6. The average Bonchev–Trinajstić information content (AvgIpc) is 2.87. The highest BCUT2D eigenvalue weighted by atomic mass is 16.6. The predicted molar refractivity (Wildman–Crippen MR) is 138 cm³/mol. The predicted octanol–water partition coefficient (Wildman–Crippen LogP) is 6.53. The first-order chi connectivity index (χ1) is 17.0. The molecule has 0 aliphatic carbocycles. The van der Waals surface area contributed by atoms with Gasteiger partial charge in [0.05, 0.1) is 0 Å². The van der Waals surface area contributed by atoms with Gasteiger partial charge in [0, 0.05) is 34.4 Å². The second-order valence-corrected chi connectivity index (χ2v) is 8.60. The number of hydrogen-bond donors (Lipinski definition) is 0. The van der Waals surface area contributed by atoms with Gasteiger partial charge in [-0.05, 0) is 25.8 Å². The zero-order valence-electron chi connectivity index (χ0n) is 21.1. The minimum absolute atomic E-state index is 0.194. The molecule has 0 spiro atoms. The van der Waals surface area contributed by atoms with Crippen molar-refractivity contribution in [2.45, 2.75) is 59.3 Å². The van der Waals surface area contributed by atoms with Crippen molar-refractivity contribution in [2.75, 3.05) is 26.4 Å². The number of fused-ring (bicyclic) bond motifs is 2. The first-order valence-electron chi connectivity index (χ1n) is 12.6. The van der Waals surface area contributed by atoms with Gasteiger partial charge in [-0.25, -0.2) is 0 Å². The van der Waals surface area contributed by atoms with Gasteiger partial charge >= 0.3 is 11.9 Å². The van der Waals surface area contributed by atoms with Gasteiger partial charge in [-0.2, -0.15) is 0 Å². The Morgan fingerprint density at radius 1 is 0.657 bits per heavy atom. The molecule has 0 unspecified atom stereocenters. The highest BCUT2D eigenvalue weighted by Crippen LogP contribution is 2.43. The molecule has 0 aliphatic rings. The summed E-state index contributed by atoms with van der Waals surface area (Å²) < 4.78 is 23.0. The third-order valence-corrected chi connectivity index (χ3v) is 5.74. The van der Waals surface area contributed by atoms with Crippen molar-refractivity contribution < 1.29 is 28.5 Å². The van der Waals surface area contributed by atoms with E-state index >= 15 is 0 Å². The molecule has 0 fully saturated rings. The van der Waals surface area contributed by atoms with Crippen LogP contribution in [0.25, 0.3) is 21.5 Å². The molecule has 3 aromatic rings. The summed E-state index contributed by atoms with van der Waals surface area (Å²) in [6.07, 6.45) is 4.43. The number of carbonyl (C=O) groups excluding carboxylic acids is 2. The molecule has 0 bridgehead atoms. The minimum Gasteiger partial charge on any atom is -0.489 e. The summed E-state index contributed by atoms with van der Waals surface area (Å²) >= 11 is 0. The van der Waals surface area contributed by atoms with Crippen molar-refractivity contribution in [1.29, 1.82) is 0 Å². The Bertz CT molecular complexity index is 1140. The van der Waals surface area contributed by atoms with Crippen LogP contribution in [0.2, 0.25) is 0 Å².